The number of hydrogen-bond acceptors (Lipinski definition) is 3. The van der Waals surface area contributed by atoms with E-state index in [1.807, 2.05) is 12.1 Å². The van der Waals surface area contributed by atoms with Crippen molar-refractivity contribution in [2.45, 2.75) is 31.8 Å². The van der Waals surface area contributed by atoms with Gasteiger partial charge >= 0.3 is 0 Å². The summed E-state index contributed by atoms with van der Waals surface area (Å²) in [6.45, 7) is 2.54. The first-order chi connectivity index (χ1) is 9.79. The molecule has 2 N–H and O–H groups in total. The summed E-state index contributed by atoms with van der Waals surface area (Å²) >= 11 is 0. The average molecular weight is 271 g/mol. The van der Waals surface area contributed by atoms with E-state index in [0.29, 0.717) is 12.6 Å². The molecule has 1 saturated carbocycles. The summed E-state index contributed by atoms with van der Waals surface area (Å²) in [6, 6.07) is 13.4. The molecule has 0 radical (unpaired) electrons. The van der Waals surface area contributed by atoms with Crippen LogP contribution in [0.5, 0.6) is 5.75 Å². The number of rotatable bonds is 6. The second kappa shape index (κ2) is 5.81. The van der Waals surface area contributed by atoms with E-state index < -0.39 is 0 Å². The first kappa shape index (κ1) is 13.4. The lowest BCUT2D eigenvalue weighted by Crippen LogP contribution is -2.21. The van der Waals surface area contributed by atoms with Gasteiger partial charge < -0.3 is 15.2 Å². The van der Waals surface area contributed by atoms with Gasteiger partial charge in [-0.15, -0.1) is 0 Å². The monoisotopic (exact) mass is 271 g/mol. The van der Waals surface area contributed by atoms with Crippen LogP contribution in [-0.2, 0) is 0 Å². The van der Waals surface area contributed by atoms with Crippen LogP contribution >= 0.6 is 0 Å². The normalized spacial score (nSPS) is 16.3. The number of benzene rings is 2. The van der Waals surface area contributed by atoms with E-state index >= 15 is 0 Å². The highest BCUT2D eigenvalue weighted by molar-refractivity contribution is 5.89. The van der Waals surface area contributed by atoms with Crippen LogP contribution in [0.25, 0.3) is 10.8 Å². The van der Waals surface area contributed by atoms with Gasteiger partial charge in [-0.3, -0.25) is 0 Å². The standard InChI is InChI=1S/C17H21NO2/c1-12(18-14-7-8-14)15-9-6-13-4-2-3-5-16(13)17(15)20-11-10-19/h2-6,9,12,14,18-19H,7-8,10-11H2,1H3. The molecule has 3 rings (SSSR count). The smallest absolute Gasteiger partial charge is 0.132 e. The molecule has 0 bridgehead atoms. The summed E-state index contributed by atoms with van der Waals surface area (Å²) < 4.78 is 5.83. The lowest BCUT2D eigenvalue weighted by atomic mass is 10.0. The van der Waals surface area contributed by atoms with Crippen molar-refractivity contribution in [1.29, 1.82) is 0 Å². The molecule has 1 aliphatic rings. The summed E-state index contributed by atoms with van der Waals surface area (Å²) in [5, 5.41) is 14.9. The first-order valence-corrected chi connectivity index (χ1v) is 7.31. The van der Waals surface area contributed by atoms with Crippen molar-refractivity contribution in [1.82, 2.24) is 5.32 Å². The molecule has 2 aromatic rings. The molecule has 3 heteroatoms. The van der Waals surface area contributed by atoms with E-state index in [9.17, 15) is 0 Å². The number of aliphatic hydroxyl groups is 1. The predicted octanol–water partition coefficient (Wildman–Crippen LogP) is 3.02. The molecule has 0 aromatic heterocycles. The maximum Gasteiger partial charge on any atom is 0.132 e. The molecule has 106 valence electrons. The van der Waals surface area contributed by atoms with E-state index in [-0.39, 0.29) is 12.6 Å². The fourth-order valence-electron chi connectivity index (χ4n) is 2.60. The summed E-state index contributed by atoms with van der Waals surface area (Å²) in [7, 11) is 0. The Morgan fingerprint density at radius 2 is 2.05 bits per heavy atom. The van der Waals surface area contributed by atoms with Crippen LogP contribution < -0.4 is 10.1 Å². The van der Waals surface area contributed by atoms with Gasteiger partial charge in [-0.2, -0.15) is 0 Å². The third-order valence-electron chi connectivity index (χ3n) is 3.78. The van der Waals surface area contributed by atoms with Crippen molar-refractivity contribution < 1.29 is 9.84 Å². The Hall–Kier alpha value is -1.58. The van der Waals surface area contributed by atoms with Gasteiger partial charge in [0, 0.05) is 23.0 Å². The molecule has 0 heterocycles. The van der Waals surface area contributed by atoms with Crippen molar-refractivity contribution >= 4 is 10.8 Å². The largest absolute Gasteiger partial charge is 0.490 e. The summed E-state index contributed by atoms with van der Waals surface area (Å²) in [5.41, 5.74) is 1.17. The highest BCUT2D eigenvalue weighted by atomic mass is 16.5. The minimum absolute atomic E-state index is 0.0348. The lowest BCUT2D eigenvalue weighted by molar-refractivity contribution is 0.201. The zero-order chi connectivity index (χ0) is 13.9. The van der Waals surface area contributed by atoms with Crippen molar-refractivity contribution in [2.24, 2.45) is 0 Å². The highest BCUT2D eigenvalue weighted by Crippen LogP contribution is 2.35. The topological polar surface area (TPSA) is 41.5 Å². The van der Waals surface area contributed by atoms with E-state index in [2.05, 4.69) is 36.5 Å². The molecule has 1 unspecified atom stereocenters. The molecule has 2 aromatic carbocycles. The van der Waals surface area contributed by atoms with E-state index in [1.54, 1.807) is 0 Å². The molecule has 1 atom stereocenters. The maximum absolute atomic E-state index is 9.04. The Morgan fingerprint density at radius 1 is 1.25 bits per heavy atom. The zero-order valence-corrected chi connectivity index (χ0v) is 11.8. The first-order valence-electron chi connectivity index (χ1n) is 7.31. The van der Waals surface area contributed by atoms with Gasteiger partial charge in [0.05, 0.1) is 6.61 Å². The van der Waals surface area contributed by atoms with Crippen molar-refractivity contribution in [3.8, 4) is 5.75 Å². The number of hydrogen-bond donors (Lipinski definition) is 2. The van der Waals surface area contributed by atoms with Gasteiger partial charge in [0.2, 0.25) is 0 Å². The SMILES string of the molecule is CC(NC1CC1)c1ccc2ccccc2c1OCCO. The van der Waals surface area contributed by atoms with Crippen LogP contribution in [0.1, 0.15) is 31.4 Å². The number of nitrogens with one attached hydrogen (secondary N) is 1. The van der Waals surface area contributed by atoms with E-state index in [0.717, 1.165) is 11.1 Å². The molecule has 3 nitrogen and oxygen atoms in total. The lowest BCUT2D eigenvalue weighted by Gasteiger charge is -2.20. The minimum atomic E-state index is 0.0348. The van der Waals surface area contributed by atoms with Crippen molar-refractivity contribution in [2.75, 3.05) is 13.2 Å². The van der Waals surface area contributed by atoms with Gasteiger partial charge in [-0.05, 0) is 25.2 Å². The molecule has 20 heavy (non-hydrogen) atoms. The molecule has 1 aliphatic carbocycles. The molecule has 1 fully saturated rings. The number of aliphatic hydroxyl groups excluding tert-OH is 1. The van der Waals surface area contributed by atoms with Gasteiger partial charge in [0.15, 0.2) is 0 Å². The van der Waals surface area contributed by atoms with Crippen molar-refractivity contribution in [3.63, 3.8) is 0 Å². The van der Waals surface area contributed by atoms with Crippen LogP contribution in [0, 0.1) is 0 Å². The Morgan fingerprint density at radius 3 is 2.80 bits per heavy atom. The maximum atomic E-state index is 9.04. The van der Waals surface area contributed by atoms with Crippen LogP contribution in [0.15, 0.2) is 36.4 Å². The molecule has 0 aliphatic heterocycles. The molecule has 0 amide bonds. The van der Waals surface area contributed by atoms with E-state index in [1.165, 1.54) is 23.8 Å². The predicted molar refractivity (Wildman–Crippen MR) is 81.1 cm³/mol. The Balaban J connectivity index is 1.99. The second-order valence-corrected chi connectivity index (χ2v) is 5.44. The van der Waals surface area contributed by atoms with Crippen LogP contribution in [0.4, 0.5) is 0 Å². The van der Waals surface area contributed by atoms with Crippen LogP contribution in [-0.4, -0.2) is 24.4 Å². The summed E-state index contributed by atoms with van der Waals surface area (Å²) in [6.07, 6.45) is 2.54. The van der Waals surface area contributed by atoms with Gasteiger partial charge in [0.1, 0.15) is 12.4 Å². The van der Waals surface area contributed by atoms with E-state index in [4.69, 9.17) is 9.84 Å². The van der Waals surface area contributed by atoms with Crippen molar-refractivity contribution in [3.05, 3.63) is 42.0 Å². The minimum Gasteiger partial charge on any atom is -0.490 e. The molecule has 0 spiro atoms. The van der Waals surface area contributed by atoms with Gasteiger partial charge in [-0.25, -0.2) is 0 Å². The van der Waals surface area contributed by atoms with Crippen LogP contribution in [0.3, 0.4) is 0 Å². The Bertz CT molecular complexity index is 593. The third-order valence-corrected chi connectivity index (χ3v) is 3.78. The summed E-state index contributed by atoms with van der Waals surface area (Å²) in [5.74, 6) is 0.901. The van der Waals surface area contributed by atoms with Gasteiger partial charge in [0.25, 0.3) is 0 Å². The number of ether oxygens (including phenoxy) is 1. The zero-order valence-electron chi connectivity index (χ0n) is 11.8. The summed E-state index contributed by atoms with van der Waals surface area (Å²) in [4.78, 5) is 0. The Labute approximate surface area is 119 Å². The molecular weight excluding hydrogens is 250 g/mol. The molecule has 0 saturated heterocycles. The quantitative estimate of drug-likeness (QED) is 0.848. The van der Waals surface area contributed by atoms with Gasteiger partial charge in [-0.1, -0.05) is 36.4 Å². The van der Waals surface area contributed by atoms with Crippen LogP contribution in [0.2, 0.25) is 0 Å². The second-order valence-electron chi connectivity index (χ2n) is 5.44. The third kappa shape index (κ3) is 2.79. The fourth-order valence-corrected chi connectivity index (χ4v) is 2.60. The highest BCUT2D eigenvalue weighted by Gasteiger charge is 2.25. The Kier molecular flexibility index (Phi) is 3.90. The molecular formula is C17H21NO2. The fraction of sp³-hybridized carbons (Fsp3) is 0.412. The number of fused-ring (bicyclic) bond motifs is 1. The average Bonchev–Trinajstić information content (AvgIpc) is 3.28.